The van der Waals surface area contributed by atoms with Gasteiger partial charge in [-0.2, -0.15) is 0 Å². The van der Waals surface area contributed by atoms with Gasteiger partial charge in [-0.3, -0.25) is 4.79 Å². The number of ether oxygens (including phenoxy) is 3. The van der Waals surface area contributed by atoms with Gasteiger partial charge in [0.15, 0.2) is 0 Å². The molecule has 0 radical (unpaired) electrons. The Labute approximate surface area is 262 Å². The summed E-state index contributed by atoms with van der Waals surface area (Å²) in [6.07, 6.45) is 1.85. The number of hydrogen-bond donors (Lipinski definition) is 1. The Morgan fingerprint density at radius 3 is 2.58 bits per heavy atom. The van der Waals surface area contributed by atoms with E-state index in [4.69, 9.17) is 14.2 Å². The number of aromatic nitrogens is 1. The molecule has 3 fully saturated rings. The Bertz CT molecular complexity index is 1480. The Morgan fingerprint density at radius 2 is 1.87 bits per heavy atom. The van der Waals surface area contributed by atoms with Gasteiger partial charge in [0.2, 0.25) is 11.8 Å². The van der Waals surface area contributed by atoms with Crippen molar-refractivity contribution in [1.29, 1.82) is 0 Å². The van der Waals surface area contributed by atoms with E-state index in [1.807, 2.05) is 20.8 Å². The molecule has 2 aliphatic carbocycles. The lowest BCUT2D eigenvalue weighted by Gasteiger charge is -2.35. The summed E-state index contributed by atoms with van der Waals surface area (Å²) in [5.41, 5.74) is -0.596. The van der Waals surface area contributed by atoms with E-state index in [1.54, 1.807) is 25.1 Å². The summed E-state index contributed by atoms with van der Waals surface area (Å²) in [5, 5.41) is 3.34. The third-order valence-electron chi connectivity index (χ3n) is 10.4. The smallest absolute Gasteiger partial charge is 0.408 e. The van der Waals surface area contributed by atoms with Crippen LogP contribution in [0.2, 0.25) is 0 Å². The van der Waals surface area contributed by atoms with E-state index < -0.39 is 53.9 Å². The third kappa shape index (κ3) is 6.06. The summed E-state index contributed by atoms with van der Waals surface area (Å²) in [4.78, 5) is 45.6. The first-order valence-corrected chi connectivity index (χ1v) is 16.1. The second kappa shape index (κ2) is 11.7. The number of rotatable bonds is 2. The quantitative estimate of drug-likeness (QED) is 0.415. The van der Waals surface area contributed by atoms with E-state index in [2.05, 4.69) is 10.3 Å². The maximum Gasteiger partial charge on any atom is 0.408 e. The Hall–Kier alpha value is -3.50. The first-order valence-electron chi connectivity index (χ1n) is 16.1. The Morgan fingerprint density at radius 1 is 1.09 bits per heavy atom. The molecule has 0 spiro atoms. The van der Waals surface area contributed by atoms with Crippen molar-refractivity contribution < 1.29 is 37.4 Å². The highest BCUT2D eigenvalue weighted by Gasteiger charge is 2.55. The summed E-state index contributed by atoms with van der Waals surface area (Å²) >= 11 is 0. The minimum atomic E-state index is -3.24. The van der Waals surface area contributed by atoms with Gasteiger partial charge in [-0.1, -0.05) is 34.1 Å². The number of nitrogens with one attached hydrogen (secondary N) is 1. The van der Waals surface area contributed by atoms with Crippen molar-refractivity contribution in [2.75, 3.05) is 13.7 Å². The number of pyridine rings is 1. The van der Waals surface area contributed by atoms with Gasteiger partial charge >= 0.3 is 6.09 Å². The molecule has 2 aliphatic heterocycles. The zero-order chi connectivity index (χ0) is 32.3. The van der Waals surface area contributed by atoms with Gasteiger partial charge in [-0.15, -0.1) is 0 Å². The maximum atomic E-state index is 16.1. The van der Waals surface area contributed by atoms with Crippen molar-refractivity contribution in [3.8, 4) is 11.6 Å². The number of halogens is 2. The van der Waals surface area contributed by atoms with Gasteiger partial charge in [0.05, 0.1) is 30.8 Å². The van der Waals surface area contributed by atoms with Gasteiger partial charge in [-0.05, 0) is 67.1 Å². The molecule has 1 saturated heterocycles. The lowest BCUT2D eigenvalue weighted by atomic mass is 9.85. The SMILES string of the molecule is COc1ccc2cc3c(nc2c1)O[C@H]1CN(C(=O)[C@H](C(C)(C)C)NC(=O)O[C@@H]2CC4CC4[C@H]2CCCCC3(F)F)[C@H](C=O)[C@@H]1C. The summed E-state index contributed by atoms with van der Waals surface area (Å²) in [6, 6.07) is 4.60. The fraction of sp³-hybridized carbons (Fsp3) is 0.647. The van der Waals surface area contributed by atoms with Gasteiger partial charge < -0.3 is 29.2 Å². The molecule has 244 valence electrons. The highest BCUT2D eigenvalue weighted by Crippen LogP contribution is 2.58. The third-order valence-corrected chi connectivity index (χ3v) is 10.4. The molecule has 2 unspecified atom stereocenters. The summed E-state index contributed by atoms with van der Waals surface area (Å²) in [6.45, 7) is 7.21. The molecule has 1 aromatic carbocycles. The minimum Gasteiger partial charge on any atom is -0.497 e. The summed E-state index contributed by atoms with van der Waals surface area (Å²) < 4.78 is 49.7. The molecule has 1 aromatic heterocycles. The molecular formula is C34H43F2N3O6. The summed E-state index contributed by atoms with van der Waals surface area (Å²) in [7, 11) is 1.52. The van der Waals surface area contributed by atoms with Gasteiger partial charge in [0.1, 0.15) is 30.3 Å². The van der Waals surface area contributed by atoms with E-state index in [0.717, 1.165) is 12.8 Å². The number of aldehydes is 1. The average molecular weight is 628 g/mol. The number of fused-ring (bicyclic) bond motifs is 7. The number of alkyl halides is 2. The zero-order valence-electron chi connectivity index (χ0n) is 26.6. The topological polar surface area (TPSA) is 107 Å². The van der Waals surface area contributed by atoms with E-state index in [-0.39, 0.29) is 36.4 Å². The van der Waals surface area contributed by atoms with Gasteiger partial charge in [0.25, 0.3) is 5.92 Å². The Balaban J connectivity index is 1.39. The monoisotopic (exact) mass is 627 g/mol. The molecule has 2 amide bonds. The first kappa shape index (κ1) is 31.5. The van der Waals surface area contributed by atoms with Crippen LogP contribution in [0.1, 0.15) is 71.8 Å². The maximum absolute atomic E-state index is 16.1. The fourth-order valence-corrected chi connectivity index (χ4v) is 7.63. The number of methoxy groups -OCH3 is 1. The number of amides is 2. The minimum absolute atomic E-state index is 0.0381. The van der Waals surface area contributed by atoms with Crippen molar-refractivity contribution in [3.05, 3.63) is 29.8 Å². The molecule has 9 nitrogen and oxygen atoms in total. The molecule has 8 atom stereocenters. The van der Waals surface area contributed by atoms with Crippen molar-refractivity contribution in [1.82, 2.24) is 15.2 Å². The lowest BCUT2D eigenvalue weighted by Crippen LogP contribution is -2.56. The van der Waals surface area contributed by atoms with Crippen molar-refractivity contribution >= 4 is 29.2 Å². The van der Waals surface area contributed by atoms with E-state index in [0.29, 0.717) is 47.6 Å². The normalized spacial score (nSPS) is 33.4. The van der Waals surface area contributed by atoms with Crippen molar-refractivity contribution in [2.24, 2.45) is 29.1 Å². The van der Waals surface area contributed by atoms with Gasteiger partial charge in [0, 0.05) is 23.8 Å². The van der Waals surface area contributed by atoms with Crippen LogP contribution in [0.15, 0.2) is 24.3 Å². The Kier molecular flexibility index (Phi) is 8.18. The van der Waals surface area contributed by atoms with Crippen molar-refractivity contribution in [3.63, 3.8) is 0 Å². The molecule has 2 bridgehead atoms. The predicted octanol–water partition coefficient (Wildman–Crippen LogP) is 5.87. The second-order valence-electron chi connectivity index (χ2n) is 14.4. The van der Waals surface area contributed by atoms with Crippen LogP contribution in [0.25, 0.3) is 10.9 Å². The number of nitrogens with zero attached hydrogens (tertiary/aromatic N) is 2. The molecule has 11 heteroatoms. The van der Waals surface area contributed by atoms with Crippen LogP contribution in [-0.2, 0) is 20.2 Å². The molecule has 2 saturated carbocycles. The largest absolute Gasteiger partial charge is 0.497 e. The van der Waals surface area contributed by atoms with Crippen LogP contribution in [-0.4, -0.2) is 66.1 Å². The number of carbonyl (C=O) groups excluding carboxylic acids is 3. The average Bonchev–Trinajstić information content (AvgIpc) is 3.56. The highest BCUT2D eigenvalue weighted by molar-refractivity contribution is 5.89. The molecule has 6 rings (SSSR count). The van der Waals surface area contributed by atoms with Gasteiger partial charge in [-0.25, -0.2) is 18.6 Å². The number of benzene rings is 1. The standard InChI is InChI=1S/C34H43F2N3O6/c1-18-26(17-40)39-16-28(18)44-30-24(13-19-9-10-21(43-5)15-25(19)37-30)34(35,36)11-7-6-8-22-23-12-20(23)14-27(22)45-32(42)38-29(31(39)41)33(2,3)4/h9-10,13,15,17-18,20,22-23,26-29H,6-8,11-12,14,16H2,1-5H3,(H,38,42)/t18-,20?,22+,23?,26+,27+,28-,29+/m0/s1. The van der Waals surface area contributed by atoms with E-state index >= 15 is 8.78 Å². The predicted molar refractivity (Wildman–Crippen MR) is 162 cm³/mol. The highest BCUT2D eigenvalue weighted by atomic mass is 19.3. The number of carbonyl (C=O) groups is 3. The van der Waals surface area contributed by atoms with Crippen LogP contribution in [0, 0.1) is 29.1 Å². The second-order valence-corrected chi connectivity index (χ2v) is 14.4. The van der Waals surface area contributed by atoms with Crippen LogP contribution < -0.4 is 14.8 Å². The molecular weight excluding hydrogens is 584 g/mol. The molecule has 1 N–H and O–H groups in total. The van der Waals surface area contributed by atoms with Crippen LogP contribution in [0.3, 0.4) is 0 Å². The zero-order valence-corrected chi connectivity index (χ0v) is 26.6. The molecule has 45 heavy (non-hydrogen) atoms. The fourth-order valence-electron chi connectivity index (χ4n) is 7.63. The summed E-state index contributed by atoms with van der Waals surface area (Å²) in [5.74, 6) is -2.89. The number of alkyl carbamates (subject to hydrolysis) is 1. The van der Waals surface area contributed by atoms with Crippen molar-refractivity contribution in [2.45, 2.75) is 96.4 Å². The van der Waals surface area contributed by atoms with E-state index in [9.17, 15) is 14.4 Å². The lowest BCUT2D eigenvalue weighted by molar-refractivity contribution is -0.139. The van der Waals surface area contributed by atoms with Crippen LogP contribution in [0.4, 0.5) is 13.6 Å². The number of hydrogen-bond acceptors (Lipinski definition) is 7. The molecule has 2 aromatic rings. The first-order chi connectivity index (χ1) is 21.3. The van der Waals surface area contributed by atoms with E-state index in [1.165, 1.54) is 18.1 Å². The molecule has 4 aliphatic rings. The van der Waals surface area contributed by atoms with Crippen LogP contribution in [0.5, 0.6) is 11.6 Å². The van der Waals surface area contributed by atoms with Crippen LogP contribution >= 0.6 is 0 Å². The molecule has 3 heterocycles.